The van der Waals surface area contributed by atoms with E-state index in [9.17, 15) is 9.59 Å². The maximum Gasteiger partial charge on any atom is 0.238 e. The SMILES string of the molecule is CC(=O)Nc1ccc(C2SCC(=O)N2c2ccc(N(C)C)cc2)cc1. The van der Waals surface area contributed by atoms with Gasteiger partial charge in [0.15, 0.2) is 0 Å². The van der Waals surface area contributed by atoms with Crippen molar-refractivity contribution >= 4 is 40.6 Å². The number of rotatable bonds is 4. The zero-order chi connectivity index (χ0) is 18.0. The molecule has 1 N–H and O–H groups in total. The van der Waals surface area contributed by atoms with Gasteiger partial charge < -0.3 is 10.2 Å². The number of nitrogens with zero attached hydrogens (tertiary/aromatic N) is 2. The first-order valence-corrected chi connectivity index (χ1v) is 9.09. The summed E-state index contributed by atoms with van der Waals surface area (Å²) in [7, 11) is 3.98. The molecule has 5 nitrogen and oxygen atoms in total. The first-order valence-electron chi connectivity index (χ1n) is 8.04. The van der Waals surface area contributed by atoms with Gasteiger partial charge in [-0.2, -0.15) is 0 Å². The number of hydrogen-bond donors (Lipinski definition) is 1. The second kappa shape index (κ2) is 7.19. The second-order valence-electron chi connectivity index (χ2n) is 6.14. The van der Waals surface area contributed by atoms with Crippen LogP contribution in [0.3, 0.4) is 0 Å². The van der Waals surface area contributed by atoms with Crippen LogP contribution < -0.4 is 15.1 Å². The molecule has 130 valence electrons. The normalized spacial score (nSPS) is 16.8. The molecule has 1 unspecified atom stereocenters. The van der Waals surface area contributed by atoms with Crippen molar-refractivity contribution < 1.29 is 9.59 Å². The Morgan fingerprint density at radius 1 is 1.12 bits per heavy atom. The van der Waals surface area contributed by atoms with Gasteiger partial charge in [0.1, 0.15) is 5.37 Å². The van der Waals surface area contributed by atoms with E-state index >= 15 is 0 Å². The third kappa shape index (κ3) is 3.79. The fraction of sp³-hybridized carbons (Fsp3) is 0.263. The molecule has 25 heavy (non-hydrogen) atoms. The smallest absolute Gasteiger partial charge is 0.238 e. The molecule has 2 amide bonds. The van der Waals surface area contributed by atoms with Gasteiger partial charge in [0.25, 0.3) is 0 Å². The van der Waals surface area contributed by atoms with Gasteiger partial charge in [-0.25, -0.2) is 0 Å². The number of carbonyl (C=O) groups excluding carboxylic acids is 2. The summed E-state index contributed by atoms with van der Waals surface area (Å²) in [5.41, 5.74) is 3.80. The first-order chi connectivity index (χ1) is 12.0. The summed E-state index contributed by atoms with van der Waals surface area (Å²) in [6, 6.07) is 15.7. The Morgan fingerprint density at radius 3 is 2.32 bits per heavy atom. The Hall–Kier alpha value is -2.47. The lowest BCUT2D eigenvalue weighted by Gasteiger charge is -2.25. The van der Waals surface area contributed by atoms with Crippen LogP contribution in [0, 0.1) is 0 Å². The van der Waals surface area contributed by atoms with E-state index in [-0.39, 0.29) is 17.2 Å². The van der Waals surface area contributed by atoms with Crippen molar-refractivity contribution in [1.29, 1.82) is 0 Å². The van der Waals surface area contributed by atoms with E-state index in [1.165, 1.54) is 6.92 Å². The molecule has 1 saturated heterocycles. The molecule has 6 heteroatoms. The van der Waals surface area contributed by atoms with Crippen molar-refractivity contribution in [2.45, 2.75) is 12.3 Å². The highest BCUT2D eigenvalue weighted by molar-refractivity contribution is 8.00. The quantitative estimate of drug-likeness (QED) is 0.912. The average Bonchev–Trinajstić information content (AvgIpc) is 2.96. The average molecular weight is 355 g/mol. The molecule has 1 aliphatic rings. The van der Waals surface area contributed by atoms with Gasteiger partial charge in [-0.1, -0.05) is 12.1 Å². The Balaban J connectivity index is 1.85. The molecule has 2 aromatic carbocycles. The zero-order valence-electron chi connectivity index (χ0n) is 14.5. The van der Waals surface area contributed by atoms with Gasteiger partial charge >= 0.3 is 0 Å². The molecular weight excluding hydrogens is 334 g/mol. The highest BCUT2D eigenvalue weighted by Gasteiger charge is 2.33. The number of hydrogen-bond acceptors (Lipinski definition) is 4. The van der Waals surface area contributed by atoms with E-state index in [1.807, 2.05) is 72.4 Å². The minimum Gasteiger partial charge on any atom is -0.378 e. The summed E-state index contributed by atoms with van der Waals surface area (Å²) in [6.45, 7) is 1.48. The summed E-state index contributed by atoms with van der Waals surface area (Å²) >= 11 is 1.62. The first kappa shape index (κ1) is 17.4. The molecule has 1 atom stereocenters. The van der Waals surface area contributed by atoms with Gasteiger partial charge in [0.2, 0.25) is 11.8 Å². The Morgan fingerprint density at radius 2 is 1.76 bits per heavy atom. The molecule has 0 saturated carbocycles. The van der Waals surface area contributed by atoms with Crippen molar-refractivity contribution in [2.24, 2.45) is 0 Å². The van der Waals surface area contributed by atoms with E-state index < -0.39 is 0 Å². The Kier molecular flexibility index (Phi) is 4.99. The minimum atomic E-state index is -0.0965. The van der Waals surface area contributed by atoms with Crippen molar-refractivity contribution in [3.05, 3.63) is 54.1 Å². The second-order valence-corrected chi connectivity index (χ2v) is 7.21. The number of carbonyl (C=O) groups is 2. The van der Waals surface area contributed by atoms with Crippen molar-refractivity contribution in [3.8, 4) is 0 Å². The summed E-state index contributed by atoms with van der Waals surface area (Å²) in [6.07, 6.45) is 0. The molecule has 0 aliphatic carbocycles. The maximum atomic E-state index is 12.4. The molecule has 0 aromatic heterocycles. The maximum absolute atomic E-state index is 12.4. The van der Waals surface area contributed by atoms with Crippen LogP contribution in [0.5, 0.6) is 0 Å². The molecule has 0 bridgehead atoms. The largest absolute Gasteiger partial charge is 0.378 e. The minimum absolute atomic E-state index is 0.0518. The summed E-state index contributed by atoms with van der Waals surface area (Å²) in [5.74, 6) is 0.479. The Labute approximate surface area is 152 Å². The van der Waals surface area contributed by atoms with E-state index in [0.717, 1.165) is 22.6 Å². The van der Waals surface area contributed by atoms with Gasteiger partial charge in [-0.3, -0.25) is 14.5 Å². The van der Waals surface area contributed by atoms with Gasteiger partial charge in [-0.05, 0) is 42.0 Å². The van der Waals surface area contributed by atoms with E-state index in [0.29, 0.717) is 5.75 Å². The predicted molar refractivity (Wildman–Crippen MR) is 104 cm³/mol. The highest BCUT2D eigenvalue weighted by atomic mass is 32.2. The van der Waals surface area contributed by atoms with E-state index in [4.69, 9.17) is 0 Å². The molecule has 0 radical (unpaired) electrons. The lowest BCUT2D eigenvalue weighted by atomic mass is 10.1. The lowest BCUT2D eigenvalue weighted by Crippen LogP contribution is -2.27. The van der Waals surface area contributed by atoms with Gasteiger partial charge in [-0.15, -0.1) is 11.8 Å². The monoisotopic (exact) mass is 355 g/mol. The number of anilines is 3. The number of amides is 2. The van der Waals surface area contributed by atoms with Crippen LogP contribution in [0.15, 0.2) is 48.5 Å². The molecule has 0 spiro atoms. The van der Waals surface area contributed by atoms with Crippen LogP contribution in [-0.4, -0.2) is 31.7 Å². The van der Waals surface area contributed by atoms with Crippen LogP contribution in [-0.2, 0) is 9.59 Å². The molecular formula is C19H21N3O2S. The molecule has 2 aromatic rings. The zero-order valence-corrected chi connectivity index (χ0v) is 15.3. The van der Waals surface area contributed by atoms with Crippen molar-refractivity contribution in [1.82, 2.24) is 0 Å². The highest BCUT2D eigenvalue weighted by Crippen LogP contribution is 2.42. The van der Waals surface area contributed by atoms with Crippen molar-refractivity contribution in [2.75, 3.05) is 35.0 Å². The van der Waals surface area contributed by atoms with Crippen LogP contribution in [0.2, 0.25) is 0 Å². The fourth-order valence-electron chi connectivity index (χ4n) is 2.80. The van der Waals surface area contributed by atoms with E-state index in [1.54, 1.807) is 11.8 Å². The summed E-state index contributed by atoms with van der Waals surface area (Å²) < 4.78 is 0. The number of benzene rings is 2. The third-order valence-electron chi connectivity index (χ3n) is 4.03. The van der Waals surface area contributed by atoms with Crippen molar-refractivity contribution in [3.63, 3.8) is 0 Å². The topological polar surface area (TPSA) is 52.7 Å². The number of thioether (sulfide) groups is 1. The molecule has 3 rings (SSSR count). The van der Waals surface area contributed by atoms with Crippen LogP contribution in [0.4, 0.5) is 17.1 Å². The standard InChI is InChI=1S/C19H21N3O2S/c1-13(23)20-15-6-4-14(5-7-15)19-22(18(24)12-25-19)17-10-8-16(9-11-17)21(2)3/h4-11,19H,12H2,1-3H3,(H,20,23). The fourth-order valence-corrected chi connectivity index (χ4v) is 3.97. The lowest BCUT2D eigenvalue weighted by molar-refractivity contribution is -0.116. The van der Waals surface area contributed by atoms with Crippen LogP contribution in [0.25, 0.3) is 0 Å². The predicted octanol–water partition coefficient (Wildman–Crippen LogP) is 3.49. The third-order valence-corrected chi connectivity index (χ3v) is 5.24. The van der Waals surface area contributed by atoms with Gasteiger partial charge in [0.05, 0.1) is 5.75 Å². The summed E-state index contributed by atoms with van der Waals surface area (Å²) in [4.78, 5) is 27.4. The Bertz CT molecular complexity index is 772. The molecule has 1 fully saturated rings. The van der Waals surface area contributed by atoms with Crippen LogP contribution >= 0.6 is 11.8 Å². The van der Waals surface area contributed by atoms with Crippen LogP contribution in [0.1, 0.15) is 17.9 Å². The number of nitrogens with one attached hydrogen (secondary N) is 1. The summed E-state index contributed by atoms with van der Waals surface area (Å²) in [5, 5.41) is 2.71. The molecule has 1 heterocycles. The molecule has 1 aliphatic heterocycles. The van der Waals surface area contributed by atoms with Gasteiger partial charge in [0, 0.05) is 38.1 Å². The van der Waals surface area contributed by atoms with E-state index in [2.05, 4.69) is 5.32 Å².